The number of quaternary nitrogens is 1. The zero-order chi connectivity index (χ0) is 61.1. The average Bonchev–Trinajstić information content (AvgIpc) is 3.81. The summed E-state index contributed by atoms with van der Waals surface area (Å²) in [5.41, 5.74) is 10.4. The number of hydrogen-bond acceptors (Lipinski definition) is 16. The smallest absolute Gasteiger partial charge is 0.331 e. The number of hydrazone groups is 1. The fraction of sp³-hybridized carbons (Fsp3) is 0.518. The Morgan fingerprint density at radius 1 is 0.902 bits per heavy atom. The number of nitrogens with zero attached hydrogens (tertiary/aromatic N) is 3. The van der Waals surface area contributed by atoms with Crippen molar-refractivity contribution in [1.29, 1.82) is 0 Å². The fourth-order valence-electron chi connectivity index (χ4n) is 7.01. The Bertz CT molecular complexity index is 2400. The van der Waals surface area contributed by atoms with E-state index in [0.29, 0.717) is 80.9 Å². The third kappa shape index (κ3) is 31.7. The molecule has 26 heteroatoms. The molecule has 456 valence electrons. The number of hydrazine groups is 1. The van der Waals surface area contributed by atoms with Crippen LogP contribution in [0.25, 0.3) is 0 Å². The number of amides is 6. The summed E-state index contributed by atoms with van der Waals surface area (Å²) in [5.74, 6) is 3.00. The number of ether oxygens (including phenoxy) is 4. The number of halogens is 2. The second-order valence-corrected chi connectivity index (χ2v) is 19.1. The number of likely N-dealkylation sites (N-methyl/N-ethyl adjacent to an activating group) is 1. The highest BCUT2D eigenvalue weighted by molar-refractivity contribution is 8.13. The number of amidine groups is 2. The molecule has 0 spiro atoms. The third-order valence-electron chi connectivity index (χ3n) is 11.4. The Morgan fingerprint density at radius 2 is 1.48 bits per heavy atom. The summed E-state index contributed by atoms with van der Waals surface area (Å²) in [7, 11) is 4.80. The van der Waals surface area contributed by atoms with Crippen LogP contribution in [-0.4, -0.2) is 168 Å². The second-order valence-electron chi connectivity index (χ2n) is 18.0. The van der Waals surface area contributed by atoms with Crippen molar-refractivity contribution >= 4 is 87.5 Å². The van der Waals surface area contributed by atoms with Crippen LogP contribution in [0.5, 0.6) is 0 Å². The molecule has 0 saturated heterocycles. The number of alkyl halides is 1. The van der Waals surface area contributed by atoms with Crippen LogP contribution in [0.4, 0.5) is 15.8 Å². The molecule has 2 aliphatic rings. The van der Waals surface area contributed by atoms with Crippen molar-refractivity contribution in [3.05, 3.63) is 89.8 Å². The number of anilines is 1. The van der Waals surface area contributed by atoms with Crippen LogP contribution in [0.3, 0.4) is 0 Å². The molecule has 1 aliphatic heterocycles. The van der Waals surface area contributed by atoms with Crippen LogP contribution in [0.1, 0.15) is 88.1 Å². The molecule has 4 rings (SSSR count). The zero-order valence-electron chi connectivity index (χ0n) is 48.5. The Hall–Kier alpha value is -6.42. The van der Waals surface area contributed by atoms with E-state index < -0.39 is 23.5 Å². The molecule has 1 heterocycles. The molecule has 2 aromatic carbocycles. The maximum atomic E-state index is 15.9. The second kappa shape index (κ2) is 45.1. The van der Waals surface area contributed by atoms with Gasteiger partial charge in [-0.3, -0.25) is 50.2 Å². The van der Waals surface area contributed by atoms with Crippen LogP contribution in [0, 0.1) is 5.92 Å². The molecule has 0 aromatic heterocycles. The monoisotopic (exact) mass is 1190 g/mol. The van der Waals surface area contributed by atoms with Crippen molar-refractivity contribution in [2.45, 2.75) is 89.6 Å². The van der Waals surface area contributed by atoms with Gasteiger partial charge < -0.3 is 50.3 Å². The predicted octanol–water partition coefficient (Wildman–Crippen LogP) is 3.69. The Kier molecular flexibility index (Phi) is 40.5. The Morgan fingerprint density at radius 3 is 2.04 bits per heavy atom. The fourth-order valence-corrected chi connectivity index (χ4v) is 7.78. The maximum absolute atomic E-state index is 15.9. The molecular weight excluding hydrogens is 1110 g/mol. The predicted molar refractivity (Wildman–Crippen MR) is 316 cm³/mol. The Labute approximate surface area is 490 Å². The molecule has 1 aliphatic carbocycles. The lowest BCUT2D eigenvalue weighted by Crippen LogP contribution is -2.76. The number of hydrogen-bond donors (Lipinski definition) is 8. The van der Waals surface area contributed by atoms with E-state index in [1.807, 2.05) is 0 Å². The minimum absolute atomic E-state index is 0.00880. The maximum Gasteiger partial charge on any atom is 0.331 e. The SMILES string of the molecule is C=C(/C=C(/F)C(=NCc1ccc(NC(=O)C(C)NC)cc1)NC(=O)c1cc([NH2+]OC)ccc1S/C(N)=[N+](\C)N)C1CCCCC1.CCC.CCl.O=CCNC(=O)CCOCCOCCOCCOCCNC(=O)CCN1C(=O)C=CC1=O. The molecule has 0 bridgehead atoms. The van der Waals surface area contributed by atoms with Gasteiger partial charge in [0.15, 0.2) is 17.3 Å². The first kappa shape index (κ1) is 73.6. The summed E-state index contributed by atoms with van der Waals surface area (Å²) in [6.07, 6.45) is 12.5. The van der Waals surface area contributed by atoms with Gasteiger partial charge in [-0.25, -0.2) is 9.23 Å². The number of imide groups is 1. The number of benzene rings is 2. The van der Waals surface area contributed by atoms with Gasteiger partial charge in [0.25, 0.3) is 17.7 Å². The van der Waals surface area contributed by atoms with E-state index in [1.165, 1.54) is 48.3 Å². The lowest BCUT2D eigenvalue weighted by atomic mass is 9.84. The molecule has 2 aromatic rings. The van der Waals surface area contributed by atoms with Crippen LogP contribution in [-0.2, 0) is 59.1 Å². The summed E-state index contributed by atoms with van der Waals surface area (Å²) in [4.78, 5) is 92.7. The van der Waals surface area contributed by atoms with E-state index in [4.69, 9.17) is 35.4 Å². The van der Waals surface area contributed by atoms with Crippen LogP contribution < -0.4 is 43.6 Å². The van der Waals surface area contributed by atoms with Gasteiger partial charge in [0.2, 0.25) is 17.7 Å². The van der Waals surface area contributed by atoms with Crippen LogP contribution in [0.15, 0.2) is 88.6 Å². The molecule has 0 radical (unpaired) electrons. The first-order chi connectivity index (χ1) is 39.5. The molecule has 1 atom stereocenters. The van der Waals surface area contributed by atoms with E-state index >= 15 is 4.39 Å². The first-order valence-corrected chi connectivity index (χ1v) is 28.5. The Balaban J connectivity index is 0.000000799. The summed E-state index contributed by atoms with van der Waals surface area (Å²) >= 11 is 5.74. The molecule has 11 N–H and O–H groups in total. The highest BCUT2D eigenvalue weighted by Crippen LogP contribution is 2.30. The van der Waals surface area contributed by atoms with Gasteiger partial charge in [0, 0.05) is 78.9 Å². The number of aldehydes is 1. The van der Waals surface area contributed by atoms with Crippen molar-refractivity contribution in [3.63, 3.8) is 0 Å². The molecule has 1 unspecified atom stereocenters. The van der Waals surface area contributed by atoms with E-state index in [9.17, 15) is 33.6 Å². The van der Waals surface area contributed by atoms with Crippen molar-refractivity contribution in [1.82, 2.24) is 26.2 Å². The summed E-state index contributed by atoms with van der Waals surface area (Å²) < 4.78 is 38.4. The number of carbonyl (C=O) groups excluding carboxylic acids is 7. The van der Waals surface area contributed by atoms with Crippen LogP contribution >= 0.6 is 23.4 Å². The first-order valence-electron chi connectivity index (χ1n) is 26.9. The van der Waals surface area contributed by atoms with E-state index in [0.717, 1.165) is 54.3 Å². The van der Waals surface area contributed by atoms with Crippen molar-refractivity contribution < 1.29 is 71.9 Å². The van der Waals surface area contributed by atoms with Gasteiger partial charge in [0.1, 0.15) is 13.3 Å². The number of thioether (sulfide) groups is 1. The summed E-state index contributed by atoms with van der Waals surface area (Å²) in [6, 6.07) is 11.8. The molecule has 1 saturated carbocycles. The largest absolute Gasteiger partial charge is 0.379 e. The topological polar surface area (TPSA) is 313 Å². The van der Waals surface area contributed by atoms with Crippen molar-refractivity contribution in [2.75, 3.05) is 105 Å². The van der Waals surface area contributed by atoms with Crippen molar-refractivity contribution in [3.8, 4) is 0 Å². The lowest BCUT2D eigenvalue weighted by Gasteiger charge is -2.22. The van der Waals surface area contributed by atoms with Gasteiger partial charge in [-0.15, -0.1) is 11.6 Å². The van der Waals surface area contributed by atoms with Gasteiger partial charge in [-0.1, -0.05) is 58.2 Å². The van der Waals surface area contributed by atoms with Gasteiger partial charge in [0.05, 0.1) is 84.7 Å². The molecule has 82 heavy (non-hydrogen) atoms. The number of rotatable bonds is 32. The lowest BCUT2D eigenvalue weighted by molar-refractivity contribution is -0.830. The highest BCUT2D eigenvalue weighted by atomic mass is 35.5. The number of allylic oxidation sites excluding steroid dienone is 2. The molecule has 6 amide bonds. The number of nitrogens with one attached hydrogen (secondary N) is 5. The van der Waals surface area contributed by atoms with Crippen molar-refractivity contribution in [2.24, 2.45) is 22.5 Å². The normalized spacial score (nSPS) is 13.9. The van der Waals surface area contributed by atoms with Gasteiger partial charge in [-0.05, 0) is 68.1 Å². The third-order valence-corrected chi connectivity index (χ3v) is 12.5. The minimum Gasteiger partial charge on any atom is -0.379 e. The summed E-state index contributed by atoms with van der Waals surface area (Å²) in [5, 5.41) is 13.7. The zero-order valence-corrected chi connectivity index (χ0v) is 50.1. The van der Waals surface area contributed by atoms with Gasteiger partial charge in [-0.2, -0.15) is 10.2 Å². The van der Waals surface area contributed by atoms with E-state index in [2.05, 4.69) is 63.6 Å². The molecule has 1 fully saturated rings. The van der Waals surface area contributed by atoms with Gasteiger partial charge >= 0.3 is 5.17 Å². The van der Waals surface area contributed by atoms with Crippen LogP contribution in [0.2, 0.25) is 0 Å². The van der Waals surface area contributed by atoms with E-state index in [1.54, 1.807) is 63.5 Å². The minimum atomic E-state index is -0.689. The standard InChI is InChI=1S/C32H43FN8O3S.C20H31N3O9.C3H8.CH3Cl/c1-20(23-9-7-6-8-10-23)17-27(33)29(37-19-22-11-13-24(14-12-22)38-30(42)21(2)36-3)39-31(43)26-18-25(40-44-5)15-16-28(26)45-32(34)41(4)35;24-8-5-21-18(26)4-9-29-11-13-31-15-16-32-14-12-30-10-6-22-17(25)3-7-23-19(27)1-2-20(23)28;1-3-2;1-2/h11-18,21,23,34,36,40H,1,6-10,19,35H2,2-5H3,(H2,37,38,39,42,43);1-2,8H,3-7,9-16H2,(H,21,26)(H,22,25);3H2,1-2H3;1H3/p+2/b27-17+;;;. The summed E-state index contributed by atoms with van der Waals surface area (Å²) in [6.45, 7) is 13.5. The molecular formula is C56H87ClFN11O12S+2. The number of nitrogens with two attached hydrogens (primary N) is 3. The average molecular weight is 1190 g/mol. The number of aliphatic imine (C=N–C) groups is 1. The molecule has 23 nitrogen and oxygen atoms in total. The highest BCUT2D eigenvalue weighted by Gasteiger charge is 2.25. The number of carbonyl (C=O) groups is 7. The van der Waals surface area contributed by atoms with E-state index in [-0.39, 0.29) is 85.3 Å². The quantitative estimate of drug-likeness (QED) is 0.00421.